The maximum absolute atomic E-state index is 12.4. The van der Waals surface area contributed by atoms with Crippen LogP contribution in [0.2, 0.25) is 5.02 Å². The van der Waals surface area contributed by atoms with Crippen molar-refractivity contribution in [1.29, 1.82) is 0 Å². The molecule has 1 aromatic carbocycles. The molecule has 7 heteroatoms. The molecule has 6 nitrogen and oxygen atoms in total. The van der Waals surface area contributed by atoms with Gasteiger partial charge in [0.2, 0.25) is 0 Å². The van der Waals surface area contributed by atoms with Crippen molar-refractivity contribution in [3.05, 3.63) is 35.0 Å². The number of nitrogens with zero attached hydrogens (tertiary/aromatic N) is 2. The number of halogens is 1. The summed E-state index contributed by atoms with van der Waals surface area (Å²) in [4.78, 5) is 29.3. The number of hydrogen-bond donors (Lipinski definition) is 2. The molecular weight excluding hydrogens is 294 g/mol. The highest BCUT2D eigenvalue weighted by molar-refractivity contribution is 6.31. The third kappa shape index (κ3) is 2.67. The summed E-state index contributed by atoms with van der Waals surface area (Å²) in [5.41, 5.74) is 1.35. The van der Waals surface area contributed by atoms with Crippen molar-refractivity contribution in [3.63, 3.8) is 0 Å². The van der Waals surface area contributed by atoms with Gasteiger partial charge < -0.3 is 19.9 Å². The minimum atomic E-state index is -0.942. The van der Waals surface area contributed by atoms with Crippen LogP contribution in [0.25, 0.3) is 10.9 Å². The van der Waals surface area contributed by atoms with Gasteiger partial charge in [-0.05, 0) is 24.3 Å². The molecule has 2 N–H and O–H groups in total. The van der Waals surface area contributed by atoms with Crippen LogP contribution in [0.1, 0.15) is 10.5 Å². The van der Waals surface area contributed by atoms with Crippen LogP contribution in [-0.4, -0.2) is 58.1 Å². The Morgan fingerprint density at radius 2 is 1.76 bits per heavy atom. The lowest BCUT2D eigenvalue weighted by Gasteiger charge is -2.32. The second kappa shape index (κ2) is 5.29. The van der Waals surface area contributed by atoms with Crippen LogP contribution in [-0.2, 0) is 0 Å². The Morgan fingerprint density at radius 3 is 2.43 bits per heavy atom. The number of carbonyl (C=O) groups excluding carboxylic acids is 1. The highest BCUT2D eigenvalue weighted by Gasteiger charge is 2.25. The van der Waals surface area contributed by atoms with E-state index in [1.165, 1.54) is 4.90 Å². The SMILES string of the molecule is O=C(O)N1CCN(C(=O)c2cc3cc(Cl)ccc3[nH]2)CC1. The van der Waals surface area contributed by atoms with Crippen LogP contribution in [0.5, 0.6) is 0 Å². The number of benzene rings is 1. The fraction of sp³-hybridized carbons (Fsp3) is 0.286. The molecule has 1 fully saturated rings. The van der Waals surface area contributed by atoms with Gasteiger partial charge in [0.05, 0.1) is 0 Å². The Hall–Kier alpha value is -2.21. The van der Waals surface area contributed by atoms with Gasteiger partial charge in [0.1, 0.15) is 5.69 Å². The van der Waals surface area contributed by atoms with Crippen molar-refractivity contribution in [2.24, 2.45) is 0 Å². The molecule has 110 valence electrons. The number of fused-ring (bicyclic) bond motifs is 1. The van der Waals surface area contributed by atoms with Crippen LogP contribution < -0.4 is 0 Å². The van der Waals surface area contributed by atoms with Crippen LogP contribution in [0.15, 0.2) is 24.3 Å². The number of aromatic amines is 1. The van der Waals surface area contributed by atoms with E-state index >= 15 is 0 Å². The Labute approximate surface area is 125 Å². The summed E-state index contributed by atoms with van der Waals surface area (Å²) < 4.78 is 0. The third-order valence-electron chi connectivity index (χ3n) is 3.65. The monoisotopic (exact) mass is 307 g/mol. The first kappa shape index (κ1) is 13.8. The molecule has 0 radical (unpaired) electrons. The first-order chi connectivity index (χ1) is 10.0. The molecule has 2 aromatic rings. The Morgan fingerprint density at radius 1 is 1.10 bits per heavy atom. The lowest BCUT2D eigenvalue weighted by Crippen LogP contribution is -2.50. The van der Waals surface area contributed by atoms with Gasteiger partial charge in [0, 0.05) is 42.1 Å². The van der Waals surface area contributed by atoms with Crippen molar-refractivity contribution >= 4 is 34.5 Å². The van der Waals surface area contributed by atoms with E-state index in [4.69, 9.17) is 16.7 Å². The summed E-state index contributed by atoms with van der Waals surface area (Å²) in [6.45, 7) is 1.49. The van der Waals surface area contributed by atoms with E-state index in [1.54, 1.807) is 23.1 Å². The van der Waals surface area contributed by atoms with Gasteiger partial charge in [-0.15, -0.1) is 0 Å². The average molecular weight is 308 g/mol. The van der Waals surface area contributed by atoms with E-state index in [9.17, 15) is 9.59 Å². The zero-order chi connectivity index (χ0) is 15.0. The Balaban J connectivity index is 1.76. The van der Waals surface area contributed by atoms with E-state index < -0.39 is 6.09 Å². The summed E-state index contributed by atoms with van der Waals surface area (Å²) in [6.07, 6.45) is -0.942. The number of carboxylic acid groups (broad SMARTS) is 1. The zero-order valence-corrected chi connectivity index (χ0v) is 11.9. The number of H-pyrrole nitrogens is 1. The Bertz CT molecular complexity index is 705. The number of aromatic nitrogens is 1. The molecule has 1 saturated heterocycles. The number of hydrogen-bond acceptors (Lipinski definition) is 2. The van der Waals surface area contributed by atoms with Gasteiger partial charge in [-0.2, -0.15) is 0 Å². The minimum absolute atomic E-state index is 0.118. The molecule has 2 amide bonds. The predicted octanol–water partition coefficient (Wildman–Crippen LogP) is 2.26. The first-order valence-electron chi connectivity index (χ1n) is 6.60. The molecule has 0 aliphatic carbocycles. The van der Waals surface area contributed by atoms with Gasteiger partial charge in [-0.25, -0.2) is 4.79 Å². The molecule has 1 aliphatic rings. The standard InChI is InChI=1S/C14H14ClN3O3/c15-10-1-2-11-9(7-10)8-12(16-11)13(19)17-3-5-18(6-4-17)14(20)21/h1-2,7-8,16H,3-6H2,(H,20,21). The number of nitrogens with one attached hydrogen (secondary N) is 1. The van der Waals surface area contributed by atoms with Crippen molar-refractivity contribution in [3.8, 4) is 0 Å². The van der Waals surface area contributed by atoms with Gasteiger partial charge in [-0.1, -0.05) is 11.6 Å². The van der Waals surface area contributed by atoms with Crippen LogP contribution >= 0.6 is 11.6 Å². The van der Waals surface area contributed by atoms with E-state index in [-0.39, 0.29) is 5.91 Å². The zero-order valence-electron chi connectivity index (χ0n) is 11.2. The maximum Gasteiger partial charge on any atom is 0.407 e. The quantitative estimate of drug-likeness (QED) is 0.848. The van der Waals surface area contributed by atoms with Crippen molar-refractivity contribution < 1.29 is 14.7 Å². The average Bonchev–Trinajstić information content (AvgIpc) is 2.89. The molecule has 3 rings (SSSR count). The molecule has 0 bridgehead atoms. The summed E-state index contributed by atoms with van der Waals surface area (Å²) in [6, 6.07) is 7.16. The lowest BCUT2D eigenvalue weighted by atomic mass is 10.2. The second-order valence-electron chi connectivity index (χ2n) is 4.98. The topological polar surface area (TPSA) is 76.6 Å². The number of carbonyl (C=O) groups is 2. The van der Waals surface area contributed by atoms with Gasteiger partial charge in [0.25, 0.3) is 5.91 Å². The highest BCUT2D eigenvalue weighted by atomic mass is 35.5. The van der Waals surface area contributed by atoms with Crippen molar-refractivity contribution in [1.82, 2.24) is 14.8 Å². The molecule has 2 heterocycles. The number of amides is 2. The molecule has 21 heavy (non-hydrogen) atoms. The molecule has 0 spiro atoms. The van der Waals surface area contributed by atoms with E-state index in [0.717, 1.165) is 10.9 Å². The third-order valence-corrected chi connectivity index (χ3v) is 3.89. The molecular formula is C14H14ClN3O3. The smallest absolute Gasteiger partial charge is 0.407 e. The molecule has 0 saturated carbocycles. The van der Waals surface area contributed by atoms with Crippen LogP contribution in [0, 0.1) is 0 Å². The predicted molar refractivity (Wildman–Crippen MR) is 78.8 cm³/mol. The first-order valence-corrected chi connectivity index (χ1v) is 6.98. The van der Waals surface area contributed by atoms with Gasteiger partial charge in [0.15, 0.2) is 0 Å². The van der Waals surface area contributed by atoms with Crippen molar-refractivity contribution in [2.45, 2.75) is 0 Å². The molecule has 0 unspecified atom stereocenters. The highest BCUT2D eigenvalue weighted by Crippen LogP contribution is 2.21. The van der Waals surface area contributed by atoms with E-state index in [2.05, 4.69) is 4.98 Å². The number of piperazine rings is 1. The summed E-state index contributed by atoms with van der Waals surface area (Å²) >= 11 is 5.93. The normalized spacial score (nSPS) is 15.5. The van der Waals surface area contributed by atoms with Crippen LogP contribution in [0.3, 0.4) is 0 Å². The molecule has 0 atom stereocenters. The van der Waals surface area contributed by atoms with E-state index in [0.29, 0.717) is 36.9 Å². The van der Waals surface area contributed by atoms with Crippen LogP contribution in [0.4, 0.5) is 4.79 Å². The maximum atomic E-state index is 12.4. The van der Waals surface area contributed by atoms with Gasteiger partial charge >= 0.3 is 6.09 Å². The Kier molecular flexibility index (Phi) is 3.47. The summed E-state index contributed by atoms with van der Waals surface area (Å²) in [7, 11) is 0. The minimum Gasteiger partial charge on any atom is -0.465 e. The fourth-order valence-corrected chi connectivity index (χ4v) is 2.67. The second-order valence-corrected chi connectivity index (χ2v) is 5.41. The van der Waals surface area contributed by atoms with E-state index in [1.807, 2.05) is 6.07 Å². The largest absolute Gasteiger partial charge is 0.465 e. The lowest BCUT2D eigenvalue weighted by molar-refractivity contribution is 0.0620. The molecule has 1 aliphatic heterocycles. The number of rotatable bonds is 1. The van der Waals surface area contributed by atoms with Crippen molar-refractivity contribution in [2.75, 3.05) is 26.2 Å². The summed E-state index contributed by atoms with van der Waals surface area (Å²) in [5, 5.41) is 10.4. The summed E-state index contributed by atoms with van der Waals surface area (Å²) in [5.74, 6) is -0.118. The van der Waals surface area contributed by atoms with Gasteiger partial charge in [-0.3, -0.25) is 4.79 Å². The molecule has 1 aromatic heterocycles. The fourth-order valence-electron chi connectivity index (χ4n) is 2.49.